The maximum Gasteiger partial charge on any atom is 0.424 e. The molecule has 0 bridgehead atoms. The van der Waals surface area contributed by atoms with Crippen molar-refractivity contribution in [2.75, 3.05) is 14.2 Å². The molecule has 9 heteroatoms. The van der Waals surface area contributed by atoms with E-state index in [-0.39, 0.29) is 0 Å². The Labute approximate surface area is 175 Å². The lowest BCUT2D eigenvalue weighted by atomic mass is 9.97. The topological polar surface area (TPSA) is 62.7 Å². The average Bonchev–Trinajstić information content (AvgIpc) is 3.16. The molecule has 0 spiro atoms. The summed E-state index contributed by atoms with van der Waals surface area (Å²) >= 11 is 0.728. The maximum atomic E-state index is 13.9. The van der Waals surface area contributed by atoms with Gasteiger partial charge in [-0.05, 0) is 36.8 Å². The van der Waals surface area contributed by atoms with Crippen molar-refractivity contribution in [3.05, 3.63) is 59.1 Å². The zero-order valence-electron chi connectivity index (χ0n) is 16.6. The summed E-state index contributed by atoms with van der Waals surface area (Å²) < 4.78 is 47.2. The Morgan fingerprint density at radius 3 is 2.40 bits per heavy atom. The monoisotopic (exact) mass is 438 g/mol. The molecule has 0 aliphatic heterocycles. The molecule has 3 aromatic rings. The zero-order valence-corrected chi connectivity index (χ0v) is 17.4. The number of hydrogen-bond acceptors (Lipinski definition) is 5. The Hall–Kier alpha value is -2.65. The summed E-state index contributed by atoms with van der Waals surface area (Å²) in [7, 11) is 2.93. The first-order valence-electron chi connectivity index (χ1n) is 9.11. The maximum absolute atomic E-state index is 13.9. The molecule has 2 unspecified atom stereocenters. The van der Waals surface area contributed by atoms with E-state index in [1.165, 1.54) is 19.1 Å². The van der Waals surface area contributed by atoms with Gasteiger partial charge in [-0.1, -0.05) is 24.3 Å². The van der Waals surface area contributed by atoms with Gasteiger partial charge in [-0.15, -0.1) is 11.3 Å². The summed E-state index contributed by atoms with van der Waals surface area (Å²) in [6.07, 6.45) is -6.23. The molecule has 1 aromatic heterocycles. The fourth-order valence-corrected chi connectivity index (χ4v) is 4.09. The molecule has 0 aliphatic carbocycles. The second-order valence-corrected chi connectivity index (χ2v) is 8.01. The number of ether oxygens (including phenoxy) is 1. The van der Waals surface area contributed by atoms with E-state index >= 15 is 0 Å². The van der Waals surface area contributed by atoms with Crippen LogP contribution in [0.1, 0.15) is 30.0 Å². The number of rotatable bonds is 6. The summed E-state index contributed by atoms with van der Waals surface area (Å²) in [4.78, 5) is 17.9. The summed E-state index contributed by atoms with van der Waals surface area (Å²) in [5.74, 6) is -0.223. The summed E-state index contributed by atoms with van der Waals surface area (Å²) in [5.41, 5.74) is -2.31. The Bertz CT molecular complexity index is 1000. The SMILES string of the molecule is COc1ccc(C(C)N(C)C(=O)CC(O)(c2nc3ccccc3s2)C(F)(F)F)cc1. The first-order valence-corrected chi connectivity index (χ1v) is 9.93. The standard InChI is InChI=1S/C21H21F3N2O3S/c1-13(14-8-10-15(29-3)11-9-14)26(2)18(27)12-20(28,21(22,23)24)19-25-16-6-4-5-7-17(16)30-19/h4-11,13,28H,12H2,1-3H3. The highest BCUT2D eigenvalue weighted by atomic mass is 32.1. The molecule has 0 saturated carbocycles. The largest absolute Gasteiger partial charge is 0.497 e. The quantitative estimate of drug-likeness (QED) is 0.608. The van der Waals surface area contributed by atoms with Crippen LogP contribution in [-0.2, 0) is 10.4 Å². The van der Waals surface area contributed by atoms with Crippen molar-refractivity contribution in [2.45, 2.75) is 31.2 Å². The highest BCUT2D eigenvalue weighted by molar-refractivity contribution is 7.18. The summed E-state index contributed by atoms with van der Waals surface area (Å²) in [6, 6.07) is 12.9. The van der Waals surface area contributed by atoms with E-state index in [1.807, 2.05) is 0 Å². The van der Waals surface area contributed by atoms with Crippen LogP contribution in [0.4, 0.5) is 13.2 Å². The number of carbonyl (C=O) groups is 1. The van der Waals surface area contributed by atoms with Crippen LogP contribution in [0.5, 0.6) is 5.75 Å². The molecule has 0 aliphatic rings. The molecule has 1 N–H and O–H groups in total. The van der Waals surface area contributed by atoms with E-state index < -0.39 is 35.2 Å². The molecule has 1 amide bonds. The minimum absolute atomic E-state index is 0.340. The first-order chi connectivity index (χ1) is 14.1. The number of benzene rings is 2. The predicted molar refractivity (Wildman–Crippen MR) is 108 cm³/mol. The van der Waals surface area contributed by atoms with Gasteiger partial charge < -0.3 is 14.7 Å². The summed E-state index contributed by atoms with van der Waals surface area (Å²) in [6.45, 7) is 1.70. The van der Waals surface area contributed by atoms with E-state index in [1.54, 1.807) is 55.5 Å². The minimum atomic E-state index is -5.07. The number of thiazole rings is 1. The van der Waals surface area contributed by atoms with E-state index in [0.717, 1.165) is 16.9 Å². The van der Waals surface area contributed by atoms with E-state index in [2.05, 4.69) is 4.98 Å². The zero-order chi connectivity index (χ0) is 22.1. The molecule has 30 heavy (non-hydrogen) atoms. The lowest BCUT2D eigenvalue weighted by Crippen LogP contribution is -2.46. The molecule has 0 fully saturated rings. The minimum Gasteiger partial charge on any atom is -0.497 e. The highest BCUT2D eigenvalue weighted by Crippen LogP contribution is 2.44. The van der Waals surface area contributed by atoms with Crippen LogP contribution in [0.2, 0.25) is 0 Å². The van der Waals surface area contributed by atoms with Gasteiger partial charge in [0.1, 0.15) is 10.8 Å². The molecular weight excluding hydrogens is 417 g/mol. The third kappa shape index (κ3) is 4.13. The second-order valence-electron chi connectivity index (χ2n) is 6.98. The van der Waals surface area contributed by atoms with Crippen molar-refractivity contribution in [2.24, 2.45) is 0 Å². The van der Waals surface area contributed by atoms with Gasteiger partial charge in [-0.3, -0.25) is 4.79 Å². The molecule has 2 aromatic carbocycles. The number of alkyl halides is 3. The molecule has 0 saturated heterocycles. The van der Waals surface area contributed by atoms with E-state index in [4.69, 9.17) is 4.74 Å². The third-order valence-corrected chi connectivity index (χ3v) is 6.28. The van der Waals surface area contributed by atoms with Crippen molar-refractivity contribution >= 4 is 27.5 Å². The molecule has 5 nitrogen and oxygen atoms in total. The van der Waals surface area contributed by atoms with Crippen LogP contribution in [0.15, 0.2) is 48.5 Å². The van der Waals surface area contributed by atoms with Crippen molar-refractivity contribution < 1.29 is 27.8 Å². The number of halogens is 3. The van der Waals surface area contributed by atoms with Crippen molar-refractivity contribution in [1.29, 1.82) is 0 Å². The van der Waals surface area contributed by atoms with Crippen molar-refractivity contribution in [3.63, 3.8) is 0 Å². The van der Waals surface area contributed by atoms with Crippen LogP contribution >= 0.6 is 11.3 Å². The Morgan fingerprint density at radius 2 is 1.83 bits per heavy atom. The highest BCUT2D eigenvalue weighted by Gasteiger charge is 2.58. The third-order valence-electron chi connectivity index (χ3n) is 5.10. The van der Waals surface area contributed by atoms with E-state index in [9.17, 15) is 23.1 Å². The average molecular weight is 438 g/mol. The number of methoxy groups -OCH3 is 1. The number of fused-ring (bicyclic) bond motifs is 1. The van der Waals surface area contributed by atoms with Crippen LogP contribution < -0.4 is 4.74 Å². The summed E-state index contributed by atoms with van der Waals surface area (Å²) in [5, 5.41) is 10.1. The van der Waals surface area contributed by atoms with E-state index in [0.29, 0.717) is 16.0 Å². The molecule has 2 atom stereocenters. The van der Waals surface area contributed by atoms with Gasteiger partial charge in [0.2, 0.25) is 11.5 Å². The molecular formula is C21H21F3N2O3S. The van der Waals surface area contributed by atoms with Gasteiger partial charge in [-0.25, -0.2) is 4.98 Å². The molecule has 3 rings (SSSR count). The van der Waals surface area contributed by atoms with Gasteiger partial charge in [-0.2, -0.15) is 13.2 Å². The fraction of sp³-hybridized carbons (Fsp3) is 0.333. The van der Waals surface area contributed by atoms with Gasteiger partial charge >= 0.3 is 6.18 Å². The van der Waals surface area contributed by atoms with Crippen LogP contribution in [-0.4, -0.2) is 41.2 Å². The van der Waals surface area contributed by atoms with Gasteiger partial charge in [0.15, 0.2) is 0 Å². The van der Waals surface area contributed by atoms with Crippen molar-refractivity contribution in [1.82, 2.24) is 9.88 Å². The second kappa shape index (κ2) is 8.23. The van der Waals surface area contributed by atoms with Crippen molar-refractivity contribution in [3.8, 4) is 5.75 Å². The normalized spacial score (nSPS) is 14.9. The fourth-order valence-electron chi connectivity index (χ4n) is 3.01. The lowest BCUT2D eigenvalue weighted by molar-refractivity contribution is -0.268. The smallest absolute Gasteiger partial charge is 0.424 e. The van der Waals surface area contributed by atoms with Gasteiger partial charge in [0, 0.05) is 7.05 Å². The number of hydrogen-bond donors (Lipinski definition) is 1. The van der Waals surface area contributed by atoms with Gasteiger partial charge in [0.25, 0.3) is 0 Å². The predicted octanol–water partition coefficient (Wildman–Crippen LogP) is 4.66. The van der Waals surface area contributed by atoms with Crippen LogP contribution in [0.25, 0.3) is 10.2 Å². The Balaban J connectivity index is 1.87. The number of aliphatic hydroxyl groups is 1. The first kappa shape index (κ1) is 22.0. The molecule has 160 valence electrons. The Morgan fingerprint density at radius 1 is 1.20 bits per heavy atom. The number of aromatic nitrogens is 1. The molecule has 1 heterocycles. The molecule has 0 radical (unpaired) electrons. The van der Waals surface area contributed by atoms with Crippen LogP contribution in [0.3, 0.4) is 0 Å². The number of para-hydroxylation sites is 1. The number of nitrogens with zero attached hydrogens (tertiary/aromatic N) is 2. The number of carbonyl (C=O) groups excluding carboxylic acids is 1. The Kier molecular flexibility index (Phi) is 6.05. The van der Waals surface area contributed by atoms with Gasteiger partial charge in [0.05, 0.1) is 29.8 Å². The lowest BCUT2D eigenvalue weighted by Gasteiger charge is -2.32. The number of amides is 1. The van der Waals surface area contributed by atoms with Crippen LogP contribution in [0, 0.1) is 0 Å².